The van der Waals surface area contributed by atoms with Crippen molar-refractivity contribution in [2.45, 2.75) is 19.3 Å². The summed E-state index contributed by atoms with van der Waals surface area (Å²) in [4.78, 5) is 19.6. The number of rotatable bonds is 3. The minimum Gasteiger partial charge on any atom is -0.333 e. The number of carbonyl (C=O) groups excluding carboxylic acids is 1. The molecule has 3 aromatic rings. The third kappa shape index (κ3) is 2.72. The molecule has 5 nitrogen and oxygen atoms in total. The maximum atomic E-state index is 12.4. The van der Waals surface area contributed by atoms with Crippen molar-refractivity contribution in [3.63, 3.8) is 0 Å². The van der Waals surface area contributed by atoms with Crippen LogP contribution in [0.1, 0.15) is 23.7 Å². The van der Waals surface area contributed by atoms with Crippen molar-refractivity contribution in [3.05, 3.63) is 52.1 Å². The van der Waals surface area contributed by atoms with E-state index in [1.54, 1.807) is 22.3 Å². The largest absolute Gasteiger partial charge is 0.333 e. The Bertz CT molecular complexity index is 891. The molecule has 1 aromatic carbocycles. The van der Waals surface area contributed by atoms with E-state index < -0.39 is 0 Å². The zero-order chi connectivity index (χ0) is 16.7. The lowest BCUT2D eigenvalue weighted by Gasteiger charge is -2.18. The van der Waals surface area contributed by atoms with Crippen LogP contribution in [0.15, 0.2) is 40.2 Å². The summed E-state index contributed by atoms with van der Waals surface area (Å²) in [7, 11) is 0. The fourth-order valence-electron chi connectivity index (χ4n) is 2.94. The van der Waals surface area contributed by atoms with E-state index in [4.69, 9.17) is 16.1 Å². The molecule has 4 rings (SSSR count). The summed E-state index contributed by atoms with van der Waals surface area (Å²) in [5.74, 6) is 1.09. The summed E-state index contributed by atoms with van der Waals surface area (Å²) in [6, 6.07) is 9.42. The highest BCUT2D eigenvalue weighted by atomic mass is 35.5. The minimum atomic E-state index is -0.0648. The van der Waals surface area contributed by atoms with Crippen LogP contribution in [0.3, 0.4) is 0 Å². The van der Waals surface area contributed by atoms with Crippen molar-refractivity contribution >= 4 is 34.5 Å². The number of amides is 1. The van der Waals surface area contributed by atoms with Crippen LogP contribution in [0.5, 0.6) is 0 Å². The number of benzene rings is 1. The quantitative estimate of drug-likeness (QED) is 0.700. The Morgan fingerprint density at radius 2 is 2.25 bits per heavy atom. The standard InChI is InChI=1S/C17H14ClN3O2S/c1-10-7-12(18)4-5-13(10)21-9-11(8-15(21)22)16-19-17(23-20-16)14-3-2-6-24-14/h2-7,11H,8-9H2,1H3. The van der Waals surface area contributed by atoms with Crippen LogP contribution in [0.2, 0.25) is 5.02 Å². The van der Waals surface area contributed by atoms with E-state index in [0.717, 1.165) is 16.1 Å². The maximum Gasteiger partial charge on any atom is 0.267 e. The zero-order valence-corrected chi connectivity index (χ0v) is 14.5. The molecule has 1 fully saturated rings. The van der Waals surface area contributed by atoms with Crippen LogP contribution < -0.4 is 4.90 Å². The third-order valence-electron chi connectivity index (χ3n) is 4.11. The van der Waals surface area contributed by atoms with E-state index in [1.807, 2.05) is 36.6 Å². The molecule has 1 aliphatic heterocycles. The summed E-state index contributed by atoms with van der Waals surface area (Å²) in [5.41, 5.74) is 1.86. The summed E-state index contributed by atoms with van der Waals surface area (Å²) in [5, 5.41) is 6.70. The Morgan fingerprint density at radius 1 is 1.38 bits per heavy atom. The van der Waals surface area contributed by atoms with Gasteiger partial charge in [0.05, 0.1) is 4.88 Å². The van der Waals surface area contributed by atoms with Crippen molar-refractivity contribution < 1.29 is 9.32 Å². The lowest BCUT2D eigenvalue weighted by atomic mass is 10.1. The van der Waals surface area contributed by atoms with Gasteiger partial charge in [0.2, 0.25) is 5.91 Å². The third-order valence-corrected chi connectivity index (χ3v) is 5.21. The summed E-state index contributed by atoms with van der Waals surface area (Å²) >= 11 is 7.55. The summed E-state index contributed by atoms with van der Waals surface area (Å²) in [6.07, 6.45) is 0.380. The second kappa shape index (κ2) is 6.03. The highest BCUT2D eigenvalue weighted by Gasteiger charge is 2.35. The molecule has 0 aliphatic carbocycles. The normalized spacial score (nSPS) is 17.7. The molecule has 1 unspecified atom stereocenters. The van der Waals surface area contributed by atoms with Crippen molar-refractivity contribution in [2.24, 2.45) is 0 Å². The number of nitrogens with zero attached hydrogens (tertiary/aromatic N) is 3. The van der Waals surface area contributed by atoms with Gasteiger partial charge >= 0.3 is 0 Å². The van der Waals surface area contributed by atoms with Crippen molar-refractivity contribution in [1.82, 2.24) is 10.1 Å². The topological polar surface area (TPSA) is 59.2 Å². The van der Waals surface area contributed by atoms with Crippen molar-refractivity contribution in [2.75, 3.05) is 11.4 Å². The molecule has 3 heterocycles. The molecule has 122 valence electrons. The number of aryl methyl sites for hydroxylation is 1. The Balaban J connectivity index is 1.58. The van der Waals surface area contributed by atoms with E-state index in [-0.39, 0.29) is 11.8 Å². The van der Waals surface area contributed by atoms with Crippen molar-refractivity contribution in [3.8, 4) is 10.8 Å². The van der Waals surface area contributed by atoms with Gasteiger partial charge in [0.15, 0.2) is 5.82 Å². The number of hydrogen-bond donors (Lipinski definition) is 0. The first kappa shape index (κ1) is 15.4. The van der Waals surface area contributed by atoms with Gasteiger partial charge in [-0.3, -0.25) is 4.79 Å². The zero-order valence-electron chi connectivity index (χ0n) is 12.9. The molecule has 0 bridgehead atoms. The van der Waals surface area contributed by atoms with Gasteiger partial charge in [-0.15, -0.1) is 11.3 Å². The molecule has 7 heteroatoms. The first-order valence-electron chi connectivity index (χ1n) is 7.56. The Kier molecular flexibility index (Phi) is 3.86. The van der Waals surface area contributed by atoms with Gasteiger partial charge in [0.1, 0.15) is 0 Å². The monoisotopic (exact) mass is 359 g/mol. The molecular weight excluding hydrogens is 346 g/mol. The van der Waals surface area contributed by atoms with E-state index in [1.165, 1.54) is 0 Å². The lowest BCUT2D eigenvalue weighted by molar-refractivity contribution is -0.117. The first-order chi connectivity index (χ1) is 11.6. The molecule has 24 heavy (non-hydrogen) atoms. The summed E-state index contributed by atoms with van der Waals surface area (Å²) in [6.45, 7) is 2.50. The molecular formula is C17H14ClN3O2S. The van der Waals surface area contributed by atoms with E-state index in [0.29, 0.717) is 29.7 Å². The van der Waals surface area contributed by atoms with Gasteiger partial charge in [-0.25, -0.2) is 0 Å². The number of halogens is 1. The Morgan fingerprint density at radius 3 is 3.00 bits per heavy atom. The molecule has 0 saturated carbocycles. The van der Waals surface area contributed by atoms with Crippen LogP contribution in [0, 0.1) is 6.92 Å². The second-order valence-electron chi connectivity index (χ2n) is 5.77. The number of anilines is 1. The Hall–Kier alpha value is -2.18. The van der Waals surface area contributed by atoms with Crippen LogP contribution >= 0.6 is 22.9 Å². The van der Waals surface area contributed by atoms with Crippen LogP contribution in [0.25, 0.3) is 10.8 Å². The summed E-state index contributed by atoms with van der Waals surface area (Å²) < 4.78 is 5.34. The fraction of sp³-hybridized carbons (Fsp3) is 0.235. The van der Waals surface area contributed by atoms with Gasteiger partial charge in [-0.05, 0) is 42.1 Å². The van der Waals surface area contributed by atoms with Crippen LogP contribution in [0.4, 0.5) is 5.69 Å². The number of hydrogen-bond acceptors (Lipinski definition) is 5. The second-order valence-corrected chi connectivity index (χ2v) is 7.16. The molecule has 2 aromatic heterocycles. The fourth-order valence-corrected chi connectivity index (χ4v) is 3.81. The molecule has 0 spiro atoms. The van der Waals surface area contributed by atoms with Crippen LogP contribution in [-0.2, 0) is 4.79 Å². The average molecular weight is 360 g/mol. The molecule has 1 aliphatic rings. The van der Waals surface area contributed by atoms with E-state index in [9.17, 15) is 4.79 Å². The molecule has 1 saturated heterocycles. The van der Waals surface area contributed by atoms with Gasteiger partial charge in [-0.2, -0.15) is 4.98 Å². The lowest BCUT2D eigenvalue weighted by Crippen LogP contribution is -2.25. The highest BCUT2D eigenvalue weighted by Crippen LogP contribution is 2.34. The highest BCUT2D eigenvalue weighted by molar-refractivity contribution is 7.13. The van der Waals surface area contributed by atoms with Gasteiger partial charge in [0, 0.05) is 29.6 Å². The first-order valence-corrected chi connectivity index (χ1v) is 8.81. The minimum absolute atomic E-state index is 0.0629. The van der Waals surface area contributed by atoms with Crippen molar-refractivity contribution in [1.29, 1.82) is 0 Å². The van der Waals surface area contributed by atoms with Crippen LogP contribution in [-0.4, -0.2) is 22.6 Å². The molecule has 0 radical (unpaired) electrons. The maximum absolute atomic E-state index is 12.4. The van der Waals surface area contributed by atoms with Gasteiger partial charge in [0.25, 0.3) is 5.89 Å². The molecule has 0 N–H and O–H groups in total. The predicted octanol–water partition coefficient (Wildman–Crippen LogP) is 4.28. The molecule has 1 amide bonds. The predicted molar refractivity (Wildman–Crippen MR) is 93.5 cm³/mol. The molecule has 1 atom stereocenters. The average Bonchev–Trinajstić information content (AvgIpc) is 3.27. The van der Waals surface area contributed by atoms with E-state index in [2.05, 4.69) is 10.1 Å². The number of carbonyl (C=O) groups is 1. The van der Waals surface area contributed by atoms with E-state index >= 15 is 0 Å². The Labute approximate surface area is 147 Å². The van der Waals surface area contributed by atoms with Gasteiger partial charge < -0.3 is 9.42 Å². The number of aromatic nitrogens is 2. The smallest absolute Gasteiger partial charge is 0.267 e. The number of thiophene rings is 1. The van der Waals surface area contributed by atoms with Gasteiger partial charge in [-0.1, -0.05) is 22.8 Å². The SMILES string of the molecule is Cc1cc(Cl)ccc1N1CC(c2noc(-c3cccs3)n2)CC1=O.